The third-order valence-electron chi connectivity index (χ3n) is 2.77. The van der Waals surface area contributed by atoms with Gasteiger partial charge in [0.25, 0.3) is 0 Å². The summed E-state index contributed by atoms with van der Waals surface area (Å²) >= 11 is 3.31. The van der Waals surface area contributed by atoms with Crippen LogP contribution in [0, 0.1) is 0 Å². The Kier molecular flexibility index (Phi) is 3.87. The lowest BCUT2D eigenvalue weighted by Gasteiger charge is -2.03. The molecular weight excluding hydrogens is 338 g/mol. The monoisotopic (exact) mass is 347 g/mol. The number of carbonyl (C=O) groups excluding carboxylic acids is 1. The van der Waals surface area contributed by atoms with Gasteiger partial charge in [0.05, 0.1) is 11.8 Å². The molecule has 106 valence electrons. The van der Waals surface area contributed by atoms with Crippen molar-refractivity contribution in [2.45, 2.75) is 6.61 Å². The molecule has 3 aromatic rings. The van der Waals surface area contributed by atoms with Gasteiger partial charge in [0.15, 0.2) is 5.76 Å². The van der Waals surface area contributed by atoms with Crippen LogP contribution in [0.3, 0.4) is 0 Å². The maximum absolute atomic E-state index is 11.9. The minimum absolute atomic E-state index is 0.0321. The zero-order valence-corrected chi connectivity index (χ0v) is 12.4. The molecule has 0 saturated heterocycles. The molecule has 0 fully saturated rings. The second-order valence-corrected chi connectivity index (χ2v) is 5.07. The number of aromatic nitrogens is 1. The number of hydrogen-bond acceptors (Lipinski definition) is 5. The highest BCUT2D eigenvalue weighted by molar-refractivity contribution is 9.10. The van der Waals surface area contributed by atoms with Crippen LogP contribution in [0.25, 0.3) is 11.5 Å². The minimum Gasteiger partial charge on any atom is -0.461 e. The molecule has 2 aromatic heterocycles. The summed E-state index contributed by atoms with van der Waals surface area (Å²) in [6.07, 6.45) is 1.55. The van der Waals surface area contributed by atoms with Crippen molar-refractivity contribution in [2.24, 2.45) is 0 Å². The van der Waals surface area contributed by atoms with Crippen LogP contribution in [0.2, 0.25) is 0 Å². The van der Waals surface area contributed by atoms with Crippen LogP contribution < -0.4 is 0 Å². The average Bonchev–Trinajstić information content (AvgIpc) is 3.16. The van der Waals surface area contributed by atoms with E-state index < -0.39 is 5.97 Å². The molecule has 0 aliphatic carbocycles. The second-order valence-electron chi connectivity index (χ2n) is 4.22. The van der Waals surface area contributed by atoms with E-state index in [9.17, 15) is 4.79 Å². The van der Waals surface area contributed by atoms with E-state index in [4.69, 9.17) is 13.7 Å². The van der Waals surface area contributed by atoms with Crippen molar-refractivity contribution in [1.82, 2.24) is 5.16 Å². The first-order chi connectivity index (χ1) is 10.2. The molecule has 0 amide bonds. The summed E-state index contributed by atoms with van der Waals surface area (Å²) < 4.78 is 16.2. The number of ether oxygens (including phenoxy) is 1. The van der Waals surface area contributed by atoms with Crippen LogP contribution >= 0.6 is 15.9 Å². The Labute approximate surface area is 128 Å². The van der Waals surface area contributed by atoms with Crippen molar-refractivity contribution in [1.29, 1.82) is 0 Å². The van der Waals surface area contributed by atoms with E-state index in [1.807, 2.05) is 6.07 Å². The Bertz CT molecular complexity index is 749. The molecule has 6 heteroatoms. The van der Waals surface area contributed by atoms with Crippen LogP contribution in [-0.4, -0.2) is 11.1 Å². The Morgan fingerprint density at radius 1 is 1.19 bits per heavy atom. The van der Waals surface area contributed by atoms with E-state index >= 15 is 0 Å². The third kappa shape index (κ3) is 3.05. The molecule has 0 unspecified atom stereocenters. The van der Waals surface area contributed by atoms with E-state index in [-0.39, 0.29) is 6.61 Å². The fourth-order valence-electron chi connectivity index (χ4n) is 1.76. The molecule has 0 radical (unpaired) electrons. The highest BCUT2D eigenvalue weighted by Gasteiger charge is 2.13. The van der Waals surface area contributed by atoms with Crippen LogP contribution in [0.4, 0.5) is 0 Å². The van der Waals surface area contributed by atoms with E-state index in [1.165, 1.54) is 0 Å². The predicted octanol–water partition coefficient (Wildman–Crippen LogP) is 4.05. The van der Waals surface area contributed by atoms with Gasteiger partial charge >= 0.3 is 5.97 Å². The van der Waals surface area contributed by atoms with Gasteiger partial charge in [-0.15, -0.1) is 0 Å². The third-order valence-corrected chi connectivity index (χ3v) is 3.46. The van der Waals surface area contributed by atoms with Crippen LogP contribution in [0.15, 0.2) is 62.1 Å². The summed E-state index contributed by atoms with van der Waals surface area (Å²) in [6.45, 7) is 0.0321. The molecule has 0 atom stereocenters. The van der Waals surface area contributed by atoms with Gasteiger partial charge < -0.3 is 13.7 Å². The van der Waals surface area contributed by atoms with Crippen molar-refractivity contribution in [3.05, 3.63) is 64.5 Å². The van der Waals surface area contributed by atoms with Gasteiger partial charge in [-0.1, -0.05) is 17.3 Å². The van der Waals surface area contributed by atoms with Gasteiger partial charge in [0.1, 0.15) is 12.3 Å². The topological polar surface area (TPSA) is 65.5 Å². The van der Waals surface area contributed by atoms with Crippen LogP contribution in [0.1, 0.15) is 16.1 Å². The first-order valence-corrected chi connectivity index (χ1v) is 6.94. The molecule has 0 aliphatic heterocycles. The SMILES string of the molecule is O=C(OCc1cc(-c2ccco2)on1)c1ccccc1Br. The number of furan rings is 1. The molecule has 2 heterocycles. The quantitative estimate of drug-likeness (QED) is 0.666. The number of hydrogen-bond donors (Lipinski definition) is 0. The number of carbonyl (C=O) groups is 1. The first-order valence-electron chi connectivity index (χ1n) is 6.15. The minimum atomic E-state index is -0.426. The smallest absolute Gasteiger partial charge is 0.339 e. The molecule has 1 aromatic carbocycles. The number of esters is 1. The Balaban J connectivity index is 1.66. The zero-order valence-electron chi connectivity index (χ0n) is 10.8. The fraction of sp³-hybridized carbons (Fsp3) is 0.0667. The first kappa shape index (κ1) is 13.6. The van der Waals surface area contributed by atoms with E-state index in [2.05, 4.69) is 21.1 Å². The fourth-order valence-corrected chi connectivity index (χ4v) is 2.21. The molecule has 3 rings (SSSR count). The lowest BCUT2D eigenvalue weighted by atomic mass is 10.2. The van der Waals surface area contributed by atoms with Crippen LogP contribution in [-0.2, 0) is 11.3 Å². The van der Waals surface area contributed by atoms with Crippen molar-refractivity contribution >= 4 is 21.9 Å². The van der Waals surface area contributed by atoms with Crippen molar-refractivity contribution < 1.29 is 18.5 Å². The Morgan fingerprint density at radius 2 is 2.05 bits per heavy atom. The van der Waals surface area contributed by atoms with Crippen molar-refractivity contribution in [3.63, 3.8) is 0 Å². The van der Waals surface area contributed by atoms with Gasteiger partial charge in [0.2, 0.25) is 5.76 Å². The molecular formula is C15H10BrNO4. The zero-order chi connectivity index (χ0) is 14.7. The van der Waals surface area contributed by atoms with Crippen molar-refractivity contribution in [3.8, 4) is 11.5 Å². The van der Waals surface area contributed by atoms with Gasteiger partial charge in [-0.2, -0.15) is 0 Å². The molecule has 0 spiro atoms. The van der Waals surface area contributed by atoms with Crippen molar-refractivity contribution in [2.75, 3.05) is 0 Å². The lowest BCUT2D eigenvalue weighted by molar-refractivity contribution is 0.0463. The molecule has 0 N–H and O–H groups in total. The summed E-state index contributed by atoms with van der Waals surface area (Å²) in [5.74, 6) is 0.642. The maximum Gasteiger partial charge on any atom is 0.339 e. The molecule has 0 saturated carbocycles. The van der Waals surface area contributed by atoms with Gasteiger partial charge in [0, 0.05) is 10.5 Å². The molecule has 0 bridgehead atoms. The Morgan fingerprint density at radius 3 is 2.81 bits per heavy atom. The van der Waals surface area contributed by atoms with Gasteiger partial charge in [-0.05, 0) is 40.2 Å². The number of nitrogens with zero attached hydrogens (tertiary/aromatic N) is 1. The van der Waals surface area contributed by atoms with E-state index in [1.54, 1.807) is 42.7 Å². The van der Waals surface area contributed by atoms with Gasteiger partial charge in [-0.25, -0.2) is 4.79 Å². The summed E-state index contributed by atoms with van der Waals surface area (Å²) in [4.78, 5) is 11.9. The summed E-state index contributed by atoms with van der Waals surface area (Å²) in [6, 6.07) is 12.2. The Hall–Kier alpha value is -2.34. The molecule has 21 heavy (non-hydrogen) atoms. The highest BCUT2D eigenvalue weighted by Crippen LogP contribution is 2.21. The van der Waals surface area contributed by atoms with E-state index in [0.29, 0.717) is 27.3 Å². The highest BCUT2D eigenvalue weighted by atomic mass is 79.9. The second kappa shape index (κ2) is 5.97. The van der Waals surface area contributed by atoms with Gasteiger partial charge in [-0.3, -0.25) is 0 Å². The number of benzene rings is 1. The summed E-state index contributed by atoms with van der Waals surface area (Å²) in [5, 5.41) is 3.84. The number of rotatable bonds is 4. The van der Waals surface area contributed by atoms with Crippen LogP contribution in [0.5, 0.6) is 0 Å². The standard InChI is InChI=1S/C15H10BrNO4/c16-12-5-2-1-4-11(12)15(18)20-9-10-8-14(21-17-10)13-6-3-7-19-13/h1-8H,9H2. The molecule has 5 nitrogen and oxygen atoms in total. The lowest BCUT2D eigenvalue weighted by Crippen LogP contribution is -2.06. The largest absolute Gasteiger partial charge is 0.461 e. The number of halogens is 1. The predicted molar refractivity (Wildman–Crippen MR) is 77.5 cm³/mol. The normalized spacial score (nSPS) is 10.5. The summed E-state index contributed by atoms with van der Waals surface area (Å²) in [7, 11) is 0. The average molecular weight is 348 g/mol. The maximum atomic E-state index is 11.9. The summed E-state index contributed by atoms with van der Waals surface area (Å²) in [5.41, 5.74) is 0.981. The van der Waals surface area contributed by atoms with E-state index in [0.717, 1.165) is 0 Å². The molecule has 0 aliphatic rings.